The first-order valence-electron chi connectivity index (χ1n) is 7.54. The lowest BCUT2D eigenvalue weighted by Crippen LogP contribution is -2.13. The van der Waals surface area contributed by atoms with Crippen LogP contribution in [0.2, 0.25) is 0 Å². The SMILES string of the molecule is CCC(c1c(C(=O)O)cc(O)c(O)c1O)c1c(C(=O)O)cc(O)c(O)c1O. The van der Waals surface area contributed by atoms with Crippen molar-refractivity contribution in [2.75, 3.05) is 0 Å². The predicted octanol–water partition coefficient (Wildman–Crippen LogP) is 1.86. The number of hydrogen-bond acceptors (Lipinski definition) is 8. The van der Waals surface area contributed by atoms with Gasteiger partial charge in [0.15, 0.2) is 23.0 Å². The van der Waals surface area contributed by atoms with Crippen LogP contribution in [0.3, 0.4) is 0 Å². The van der Waals surface area contributed by atoms with Crippen molar-refractivity contribution in [2.45, 2.75) is 19.3 Å². The summed E-state index contributed by atoms with van der Waals surface area (Å²) in [7, 11) is 0. The van der Waals surface area contributed by atoms with Gasteiger partial charge in [-0.25, -0.2) is 9.59 Å². The van der Waals surface area contributed by atoms with Crippen molar-refractivity contribution in [2.24, 2.45) is 0 Å². The normalized spacial score (nSPS) is 10.9. The lowest BCUT2D eigenvalue weighted by Gasteiger charge is -2.23. The van der Waals surface area contributed by atoms with Gasteiger partial charge >= 0.3 is 11.9 Å². The van der Waals surface area contributed by atoms with Crippen molar-refractivity contribution >= 4 is 11.9 Å². The Morgan fingerprint density at radius 2 is 1.07 bits per heavy atom. The van der Waals surface area contributed by atoms with E-state index in [9.17, 15) is 50.4 Å². The maximum atomic E-state index is 11.5. The average molecular weight is 380 g/mol. The summed E-state index contributed by atoms with van der Waals surface area (Å²) in [4.78, 5) is 23.1. The van der Waals surface area contributed by atoms with Crippen molar-refractivity contribution in [3.63, 3.8) is 0 Å². The standard InChI is InChI=1S/C17H16O10/c1-2-5(10-6(16(24)25)3-8(18)12(20)14(10)22)11-7(17(26)27)4-9(19)13(21)15(11)23/h3-5,18-23H,2H2,1H3,(H,24,25)(H,26,27). The van der Waals surface area contributed by atoms with E-state index in [0.29, 0.717) is 12.1 Å². The Hall–Kier alpha value is -3.82. The Labute approximate surface area is 151 Å². The number of hydrogen-bond donors (Lipinski definition) is 8. The van der Waals surface area contributed by atoms with Gasteiger partial charge in [0.2, 0.25) is 11.5 Å². The highest BCUT2D eigenvalue weighted by molar-refractivity contribution is 5.95. The number of aromatic carboxylic acids is 2. The van der Waals surface area contributed by atoms with E-state index in [2.05, 4.69) is 0 Å². The average Bonchev–Trinajstić information content (AvgIpc) is 2.60. The number of carboxylic acid groups (broad SMARTS) is 2. The third-order valence-electron chi connectivity index (χ3n) is 4.15. The molecule has 10 heteroatoms. The van der Waals surface area contributed by atoms with E-state index in [1.165, 1.54) is 6.92 Å². The highest BCUT2D eigenvalue weighted by Gasteiger charge is 2.33. The van der Waals surface area contributed by atoms with Crippen LogP contribution in [0.15, 0.2) is 12.1 Å². The zero-order valence-electron chi connectivity index (χ0n) is 13.8. The minimum atomic E-state index is -1.60. The molecule has 0 fully saturated rings. The van der Waals surface area contributed by atoms with Crippen molar-refractivity contribution in [1.29, 1.82) is 0 Å². The molecule has 10 nitrogen and oxygen atoms in total. The molecule has 0 unspecified atom stereocenters. The fourth-order valence-corrected chi connectivity index (χ4v) is 2.93. The summed E-state index contributed by atoms with van der Waals surface area (Å²) in [5, 5.41) is 77.8. The minimum Gasteiger partial charge on any atom is -0.504 e. The molecule has 8 N–H and O–H groups in total. The van der Waals surface area contributed by atoms with Crippen molar-refractivity contribution in [3.8, 4) is 34.5 Å². The molecule has 0 spiro atoms. The summed E-state index contributed by atoms with van der Waals surface area (Å²) < 4.78 is 0. The molecule has 0 aliphatic carbocycles. The molecule has 0 amide bonds. The van der Waals surface area contributed by atoms with Crippen molar-refractivity contribution < 1.29 is 50.4 Å². The highest BCUT2D eigenvalue weighted by atomic mass is 16.4. The summed E-state index contributed by atoms with van der Waals surface area (Å²) >= 11 is 0. The molecule has 0 saturated carbocycles. The Morgan fingerprint density at radius 3 is 1.33 bits per heavy atom. The number of phenolic OH excluding ortho intramolecular Hbond substituents is 6. The van der Waals surface area contributed by atoms with Crippen molar-refractivity contribution in [3.05, 3.63) is 34.4 Å². The molecule has 0 atom stereocenters. The van der Waals surface area contributed by atoms with Gasteiger partial charge in [0.1, 0.15) is 0 Å². The highest BCUT2D eigenvalue weighted by Crippen LogP contribution is 2.51. The first kappa shape index (κ1) is 19.5. The Balaban J connectivity index is 2.96. The Kier molecular flexibility index (Phi) is 4.93. The summed E-state index contributed by atoms with van der Waals surface area (Å²) in [6.45, 7) is 1.47. The van der Waals surface area contributed by atoms with E-state index in [-0.39, 0.29) is 6.42 Å². The van der Waals surface area contributed by atoms with Crippen LogP contribution < -0.4 is 0 Å². The zero-order valence-corrected chi connectivity index (χ0v) is 13.8. The lowest BCUT2D eigenvalue weighted by molar-refractivity contribution is 0.0686. The third kappa shape index (κ3) is 3.08. The van der Waals surface area contributed by atoms with E-state index in [1.54, 1.807) is 0 Å². The van der Waals surface area contributed by atoms with Crippen molar-refractivity contribution in [1.82, 2.24) is 0 Å². The zero-order chi connectivity index (χ0) is 20.6. The second kappa shape index (κ2) is 6.83. The molecular formula is C17H16O10. The molecule has 0 aromatic heterocycles. The third-order valence-corrected chi connectivity index (χ3v) is 4.15. The number of carbonyl (C=O) groups is 2. The first-order chi connectivity index (χ1) is 12.5. The number of rotatable bonds is 5. The summed E-state index contributed by atoms with van der Waals surface area (Å²) in [5.74, 6) is -10.5. The predicted molar refractivity (Wildman–Crippen MR) is 88.9 cm³/mol. The summed E-state index contributed by atoms with van der Waals surface area (Å²) in [6.07, 6.45) is -0.0872. The van der Waals surface area contributed by atoms with Gasteiger partial charge in [0, 0.05) is 17.0 Å². The molecule has 0 aliphatic heterocycles. The fourth-order valence-electron chi connectivity index (χ4n) is 2.93. The minimum absolute atomic E-state index is 0.0872. The second-order valence-electron chi connectivity index (χ2n) is 5.68. The van der Waals surface area contributed by atoms with Gasteiger partial charge < -0.3 is 40.9 Å². The number of aromatic hydroxyl groups is 6. The van der Waals surface area contributed by atoms with Crippen LogP contribution in [-0.2, 0) is 0 Å². The molecule has 0 saturated heterocycles. The molecule has 27 heavy (non-hydrogen) atoms. The van der Waals surface area contributed by atoms with Gasteiger partial charge in [0.25, 0.3) is 0 Å². The van der Waals surface area contributed by atoms with Crippen LogP contribution >= 0.6 is 0 Å². The van der Waals surface area contributed by atoms with Gasteiger partial charge in [-0.3, -0.25) is 0 Å². The molecule has 2 aromatic rings. The molecule has 0 heterocycles. The lowest BCUT2D eigenvalue weighted by atomic mass is 9.82. The molecular weight excluding hydrogens is 364 g/mol. The quantitative estimate of drug-likeness (QED) is 0.354. The smallest absolute Gasteiger partial charge is 0.336 e. The second-order valence-corrected chi connectivity index (χ2v) is 5.68. The maximum absolute atomic E-state index is 11.5. The molecule has 0 aliphatic rings. The van der Waals surface area contributed by atoms with E-state index in [0.717, 1.165) is 0 Å². The summed E-state index contributed by atoms with van der Waals surface area (Å²) in [5.41, 5.74) is -2.28. The van der Waals surface area contributed by atoms with E-state index >= 15 is 0 Å². The fraction of sp³-hybridized carbons (Fsp3) is 0.176. The van der Waals surface area contributed by atoms with Crippen LogP contribution in [0.5, 0.6) is 34.5 Å². The van der Waals surface area contributed by atoms with E-state index in [1.807, 2.05) is 0 Å². The van der Waals surface area contributed by atoms with E-state index in [4.69, 9.17) is 0 Å². The first-order valence-corrected chi connectivity index (χ1v) is 7.54. The van der Waals surface area contributed by atoms with Crippen LogP contribution in [0.4, 0.5) is 0 Å². The Bertz CT molecular complexity index is 872. The van der Waals surface area contributed by atoms with Gasteiger partial charge in [-0.15, -0.1) is 0 Å². The monoisotopic (exact) mass is 380 g/mol. The van der Waals surface area contributed by atoms with E-state index < -0.39 is 74.6 Å². The molecule has 144 valence electrons. The molecule has 2 rings (SSSR count). The number of phenols is 6. The maximum Gasteiger partial charge on any atom is 0.336 e. The molecule has 0 radical (unpaired) electrons. The van der Waals surface area contributed by atoms with Gasteiger partial charge in [-0.2, -0.15) is 0 Å². The van der Waals surface area contributed by atoms with Gasteiger partial charge in [0.05, 0.1) is 11.1 Å². The largest absolute Gasteiger partial charge is 0.504 e. The Morgan fingerprint density at radius 1 is 0.741 bits per heavy atom. The topological polar surface area (TPSA) is 196 Å². The van der Waals surface area contributed by atoms with Gasteiger partial charge in [-0.1, -0.05) is 6.92 Å². The van der Waals surface area contributed by atoms with Crippen LogP contribution in [0, 0.1) is 0 Å². The molecule has 2 aromatic carbocycles. The van der Waals surface area contributed by atoms with Crippen LogP contribution in [0.1, 0.15) is 51.1 Å². The number of benzene rings is 2. The van der Waals surface area contributed by atoms with Gasteiger partial charge in [-0.05, 0) is 18.6 Å². The molecule has 0 bridgehead atoms. The van der Waals surface area contributed by atoms with Crippen LogP contribution in [0.25, 0.3) is 0 Å². The number of carboxylic acids is 2. The van der Waals surface area contributed by atoms with Crippen LogP contribution in [-0.4, -0.2) is 52.8 Å². The summed E-state index contributed by atoms with van der Waals surface area (Å²) in [6, 6.07) is 1.32.